The van der Waals surface area contributed by atoms with Crippen molar-refractivity contribution >= 4 is 11.6 Å². The summed E-state index contributed by atoms with van der Waals surface area (Å²) < 4.78 is 11.2. The van der Waals surface area contributed by atoms with E-state index in [-0.39, 0.29) is 18.6 Å². The Morgan fingerprint density at radius 1 is 1.17 bits per heavy atom. The Morgan fingerprint density at radius 2 is 1.97 bits per heavy atom. The van der Waals surface area contributed by atoms with E-state index in [1.807, 2.05) is 25.1 Å². The van der Waals surface area contributed by atoms with Crippen LogP contribution in [-0.2, 0) is 16.2 Å². The number of likely N-dealkylation sites (tertiary alicyclic amines) is 1. The van der Waals surface area contributed by atoms with E-state index in [0.717, 1.165) is 36.5 Å². The summed E-state index contributed by atoms with van der Waals surface area (Å²) in [7, 11) is 0. The Labute approximate surface area is 176 Å². The van der Waals surface area contributed by atoms with Crippen LogP contribution in [0.25, 0.3) is 0 Å². The Hall–Kier alpha value is -3.06. The molecule has 7 heteroatoms. The number of carbonyl (C=O) groups is 1. The van der Waals surface area contributed by atoms with Crippen LogP contribution in [0, 0.1) is 12.8 Å². The van der Waals surface area contributed by atoms with Gasteiger partial charge < -0.3 is 20.0 Å². The number of nitrogens with zero attached hydrogens (tertiary/aromatic N) is 2. The topological polar surface area (TPSA) is 86.4 Å². The van der Waals surface area contributed by atoms with Gasteiger partial charge >= 0.3 is 0 Å². The van der Waals surface area contributed by atoms with Crippen LogP contribution in [0.5, 0.6) is 11.5 Å². The SMILES string of the molecule is CCOc1cc(CN2C[C@@H]3ON=C(c4ccc(C)cc4)[C@H]3C2)ccc1OCC(N)=O. The Morgan fingerprint density at radius 3 is 2.70 bits per heavy atom. The van der Waals surface area contributed by atoms with Crippen LogP contribution >= 0.6 is 0 Å². The molecule has 0 bridgehead atoms. The molecule has 2 N–H and O–H groups in total. The van der Waals surface area contributed by atoms with Gasteiger partial charge in [0.05, 0.1) is 18.2 Å². The van der Waals surface area contributed by atoms with E-state index < -0.39 is 5.91 Å². The second-order valence-electron chi connectivity index (χ2n) is 7.76. The van der Waals surface area contributed by atoms with E-state index in [9.17, 15) is 4.79 Å². The molecule has 7 nitrogen and oxygen atoms in total. The average Bonchev–Trinajstić information content (AvgIpc) is 3.28. The number of carbonyl (C=O) groups excluding carboxylic acids is 1. The molecule has 0 aromatic heterocycles. The fourth-order valence-electron chi connectivity index (χ4n) is 3.98. The summed E-state index contributed by atoms with van der Waals surface area (Å²) in [5.74, 6) is 0.900. The van der Waals surface area contributed by atoms with Gasteiger partial charge in [0.25, 0.3) is 5.91 Å². The number of fused-ring (bicyclic) bond motifs is 1. The first-order valence-electron chi connectivity index (χ1n) is 10.2. The lowest BCUT2D eigenvalue weighted by Crippen LogP contribution is -2.23. The number of benzene rings is 2. The van der Waals surface area contributed by atoms with Crippen molar-refractivity contribution in [2.24, 2.45) is 16.8 Å². The first-order chi connectivity index (χ1) is 14.5. The van der Waals surface area contributed by atoms with Crippen molar-refractivity contribution in [1.82, 2.24) is 4.90 Å². The van der Waals surface area contributed by atoms with Gasteiger partial charge in [-0.15, -0.1) is 0 Å². The molecule has 2 aliphatic rings. The van der Waals surface area contributed by atoms with Crippen LogP contribution < -0.4 is 15.2 Å². The number of rotatable bonds is 8. The highest BCUT2D eigenvalue weighted by atomic mass is 16.6. The molecule has 0 radical (unpaired) electrons. The quantitative estimate of drug-likeness (QED) is 0.724. The van der Waals surface area contributed by atoms with Gasteiger partial charge in [-0.05, 0) is 37.1 Å². The van der Waals surface area contributed by atoms with Crippen LogP contribution in [0.1, 0.15) is 23.6 Å². The predicted octanol–water partition coefficient (Wildman–Crippen LogP) is 2.49. The molecule has 0 saturated carbocycles. The second kappa shape index (κ2) is 8.75. The molecule has 2 heterocycles. The van der Waals surface area contributed by atoms with E-state index in [1.54, 1.807) is 0 Å². The van der Waals surface area contributed by atoms with Crippen LogP contribution in [0.15, 0.2) is 47.6 Å². The predicted molar refractivity (Wildman–Crippen MR) is 114 cm³/mol. The lowest BCUT2D eigenvalue weighted by molar-refractivity contribution is -0.119. The summed E-state index contributed by atoms with van der Waals surface area (Å²) in [4.78, 5) is 19.1. The minimum absolute atomic E-state index is 0.0887. The van der Waals surface area contributed by atoms with E-state index >= 15 is 0 Å². The summed E-state index contributed by atoms with van der Waals surface area (Å²) in [6, 6.07) is 14.2. The normalized spacial score (nSPS) is 20.4. The summed E-state index contributed by atoms with van der Waals surface area (Å²) in [5.41, 5.74) is 9.68. The summed E-state index contributed by atoms with van der Waals surface area (Å²) in [5, 5.41) is 4.36. The highest BCUT2D eigenvalue weighted by Crippen LogP contribution is 2.33. The van der Waals surface area contributed by atoms with E-state index in [4.69, 9.17) is 20.0 Å². The van der Waals surface area contributed by atoms with Crippen LogP contribution in [0.3, 0.4) is 0 Å². The standard InChI is InChI=1S/C23H27N3O4/c1-3-28-20-10-16(6-9-19(20)29-14-22(24)27)11-26-12-18-21(13-26)30-25-23(18)17-7-4-15(2)5-8-17/h4-10,18,21H,3,11-14H2,1-2H3,(H2,24,27)/t18-,21-/m0/s1. The Balaban J connectivity index is 1.43. The lowest BCUT2D eigenvalue weighted by atomic mass is 9.94. The van der Waals surface area contributed by atoms with Gasteiger partial charge in [0.2, 0.25) is 0 Å². The van der Waals surface area contributed by atoms with Crippen molar-refractivity contribution in [1.29, 1.82) is 0 Å². The number of oxime groups is 1. The summed E-state index contributed by atoms with van der Waals surface area (Å²) in [6.45, 7) is 6.82. The molecule has 2 aromatic carbocycles. The monoisotopic (exact) mass is 409 g/mol. The Bertz CT molecular complexity index is 942. The third kappa shape index (κ3) is 4.41. The van der Waals surface area contributed by atoms with Crippen LogP contribution in [-0.4, -0.2) is 48.9 Å². The highest BCUT2D eigenvalue weighted by molar-refractivity contribution is 6.03. The van der Waals surface area contributed by atoms with Gasteiger partial charge in [0, 0.05) is 19.6 Å². The zero-order valence-corrected chi connectivity index (χ0v) is 17.3. The maximum Gasteiger partial charge on any atom is 0.255 e. The third-order valence-electron chi connectivity index (χ3n) is 5.41. The smallest absolute Gasteiger partial charge is 0.255 e. The maximum absolute atomic E-state index is 11.0. The molecule has 158 valence electrons. The van der Waals surface area contributed by atoms with Gasteiger partial charge in [-0.3, -0.25) is 9.69 Å². The molecule has 0 unspecified atom stereocenters. The zero-order chi connectivity index (χ0) is 21.1. The Kier molecular flexibility index (Phi) is 5.90. The molecule has 1 amide bonds. The third-order valence-corrected chi connectivity index (χ3v) is 5.41. The van der Waals surface area contributed by atoms with Gasteiger partial charge in [0.1, 0.15) is 6.10 Å². The van der Waals surface area contributed by atoms with Crippen LogP contribution in [0.2, 0.25) is 0 Å². The molecule has 4 rings (SSSR count). The van der Waals surface area contributed by atoms with E-state index in [0.29, 0.717) is 18.1 Å². The molecule has 1 saturated heterocycles. The second-order valence-corrected chi connectivity index (χ2v) is 7.76. The fraction of sp³-hybridized carbons (Fsp3) is 0.391. The minimum Gasteiger partial charge on any atom is -0.490 e. The van der Waals surface area contributed by atoms with Gasteiger partial charge in [-0.2, -0.15) is 0 Å². The van der Waals surface area contributed by atoms with Gasteiger partial charge in [0.15, 0.2) is 18.1 Å². The average molecular weight is 409 g/mol. The molecule has 2 aliphatic heterocycles. The van der Waals surface area contributed by atoms with Crippen molar-refractivity contribution < 1.29 is 19.1 Å². The molecule has 2 atom stereocenters. The number of hydrogen-bond acceptors (Lipinski definition) is 6. The molecule has 1 fully saturated rings. The lowest BCUT2D eigenvalue weighted by Gasteiger charge is -2.18. The highest BCUT2D eigenvalue weighted by Gasteiger charge is 2.42. The number of aryl methyl sites for hydroxylation is 1. The van der Waals surface area contributed by atoms with Crippen molar-refractivity contribution in [3.8, 4) is 11.5 Å². The molecule has 30 heavy (non-hydrogen) atoms. The maximum atomic E-state index is 11.0. The summed E-state index contributed by atoms with van der Waals surface area (Å²) in [6.07, 6.45) is 0.0887. The molecule has 2 aromatic rings. The fourth-order valence-corrected chi connectivity index (χ4v) is 3.98. The zero-order valence-electron chi connectivity index (χ0n) is 17.3. The number of primary amides is 1. The van der Waals surface area contributed by atoms with E-state index in [1.165, 1.54) is 5.56 Å². The molecular weight excluding hydrogens is 382 g/mol. The first kappa shape index (κ1) is 20.2. The van der Waals surface area contributed by atoms with Crippen molar-refractivity contribution in [3.63, 3.8) is 0 Å². The molecular formula is C23H27N3O4. The minimum atomic E-state index is -0.517. The first-order valence-corrected chi connectivity index (χ1v) is 10.2. The number of nitrogens with two attached hydrogens (primary N) is 1. The number of ether oxygens (including phenoxy) is 2. The van der Waals surface area contributed by atoms with E-state index in [2.05, 4.69) is 41.2 Å². The van der Waals surface area contributed by atoms with Gasteiger partial charge in [-0.1, -0.05) is 41.1 Å². The largest absolute Gasteiger partial charge is 0.490 e. The van der Waals surface area contributed by atoms with Crippen molar-refractivity contribution in [3.05, 3.63) is 59.2 Å². The summed E-state index contributed by atoms with van der Waals surface area (Å²) >= 11 is 0. The molecule has 0 aliphatic carbocycles. The number of hydrogen-bond donors (Lipinski definition) is 1. The number of amides is 1. The van der Waals surface area contributed by atoms with Crippen molar-refractivity contribution in [2.75, 3.05) is 26.3 Å². The van der Waals surface area contributed by atoms with Crippen molar-refractivity contribution in [2.45, 2.75) is 26.5 Å². The molecule has 0 spiro atoms. The van der Waals surface area contributed by atoms with Gasteiger partial charge in [-0.25, -0.2) is 0 Å². The van der Waals surface area contributed by atoms with Crippen LogP contribution in [0.4, 0.5) is 0 Å².